The van der Waals surface area contributed by atoms with Gasteiger partial charge in [0.1, 0.15) is 0 Å². The van der Waals surface area contributed by atoms with Crippen molar-refractivity contribution in [2.45, 2.75) is 51.4 Å². The Balaban J connectivity index is 1.14. The largest absolute Gasteiger partial charge is 0.356 e. The normalized spacial score (nSPS) is 14.8. The first kappa shape index (κ1) is 21.4. The van der Waals surface area contributed by atoms with Gasteiger partial charge in [0.2, 0.25) is 17.7 Å². The maximum Gasteiger partial charge on any atom is 0.228 e. The number of hydrogen-bond donors (Lipinski definition) is 1. The molecule has 0 radical (unpaired) electrons. The summed E-state index contributed by atoms with van der Waals surface area (Å²) in [5.74, 6) is 1.62. The van der Waals surface area contributed by atoms with E-state index in [0.29, 0.717) is 31.1 Å². The monoisotopic (exact) mass is 441 g/mol. The lowest BCUT2D eigenvalue weighted by atomic mass is 9.96. The lowest BCUT2D eigenvalue weighted by molar-refractivity contribution is -0.129. The molecular formula is C22H27N5O3S. The van der Waals surface area contributed by atoms with E-state index < -0.39 is 0 Å². The third-order valence-electron chi connectivity index (χ3n) is 5.58. The molecule has 9 heteroatoms. The minimum absolute atomic E-state index is 0.0254. The molecular weight excluding hydrogens is 414 g/mol. The molecule has 0 saturated carbocycles. The Hall–Kier alpha value is -2.81. The fourth-order valence-electron chi connectivity index (χ4n) is 3.81. The first-order valence-electron chi connectivity index (χ1n) is 10.8. The molecule has 4 rings (SSSR count). The number of para-hydroxylation sites is 1. The van der Waals surface area contributed by atoms with Gasteiger partial charge in [-0.05, 0) is 37.8 Å². The van der Waals surface area contributed by atoms with Crippen LogP contribution in [0.4, 0.5) is 0 Å². The van der Waals surface area contributed by atoms with Crippen molar-refractivity contribution in [3.05, 3.63) is 41.0 Å². The molecule has 0 atom stereocenters. The van der Waals surface area contributed by atoms with Crippen molar-refractivity contribution in [3.63, 3.8) is 0 Å². The number of aromatic nitrogens is 3. The molecule has 3 heterocycles. The number of amides is 2. The second-order valence-corrected chi connectivity index (χ2v) is 8.97. The summed E-state index contributed by atoms with van der Waals surface area (Å²) in [5.41, 5.74) is 1.02. The van der Waals surface area contributed by atoms with E-state index in [0.717, 1.165) is 49.3 Å². The van der Waals surface area contributed by atoms with E-state index in [1.807, 2.05) is 23.1 Å². The number of hydrogen-bond acceptors (Lipinski definition) is 7. The molecule has 0 unspecified atom stereocenters. The minimum Gasteiger partial charge on any atom is -0.356 e. The Morgan fingerprint density at radius 3 is 2.77 bits per heavy atom. The average molecular weight is 442 g/mol. The number of fused-ring (bicyclic) bond motifs is 1. The van der Waals surface area contributed by atoms with Gasteiger partial charge in [-0.1, -0.05) is 17.3 Å². The van der Waals surface area contributed by atoms with Crippen molar-refractivity contribution in [1.82, 2.24) is 25.3 Å². The summed E-state index contributed by atoms with van der Waals surface area (Å²) in [5, 5.41) is 8.09. The summed E-state index contributed by atoms with van der Waals surface area (Å²) in [6.07, 6.45) is 4.27. The first-order chi connectivity index (χ1) is 15.1. The highest BCUT2D eigenvalue weighted by molar-refractivity contribution is 7.18. The van der Waals surface area contributed by atoms with Crippen LogP contribution in [0, 0.1) is 0 Å². The number of aryl methyl sites for hydroxylation is 1. The highest BCUT2D eigenvalue weighted by Gasteiger charge is 2.25. The quantitative estimate of drug-likeness (QED) is 0.576. The van der Waals surface area contributed by atoms with E-state index in [1.165, 1.54) is 4.70 Å². The summed E-state index contributed by atoms with van der Waals surface area (Å²) in [7, 11) is 0. The topological polar surface area (TPSA) is 101 Å². The van der Waals surface area contributed by atoms with E-state index in [4.69, 9.17) is 4.52 Å². The van der Waals surface area contributed by atoms with Gasteiger partial charge in [-0.3, -0.25) is 9.59 Å². The standard InChI is InChI=1S/C22H27N5O3S/c1-15(28)27-13-10-16(11-14-27)22-25-20(30-26-22)9-12-23-19(29)7-4-8-21-24-17-5-2-3-6-18(17)31-21/h2-3,5-6,16H,4,7-14H2,1H3,(H,23,29). The zero-order valence-electron chi connectivity index (χ0n) is 17.7. The smallest absolute Gasteiger partial charge is 0.228 e. The Bertz CT molecular complexity index is 1010. The van der Waals surface area contributed by atoms with Gasteiger partial charge in [0.25, 0.3) is 0 Å². The number of thiazole rings is 1. The van der Waals surface area contributed by atoms with E-state index in [2.05, 4.69) is 26.5 Å². The summed E-state index contributed by atoms with van der Waals surface area (Å²) < 4.78 is 6.53. The fraction of sp³-hybridized carbons (Fsp3) is 0.500. The van der Waals surface area contributed by atoms with Gasteiger partial charge in [-0.2, -0.15) is 4.98 Å². The van der Waals surface area contributed by atoms with Crippen molar-refractivity contribution in [1.29, 1.82) is 0 Å². The van der Waals surface area contributed by atoms with Crippen LogP contribution in [0.2, 0.25) is 0 Å². The van der Waals surface area contributed by atoms with Gasteiger partial charge in [0.05, 0.1) is 15.2 Å². The highest BCUT2D eigenvalue weighted by Crippen LogP contribution is 2.26. The number of benzene rings is 1. The van der Waals surface area contributed by atoms with Crippen LogP contribution in [0.15, 0.2) is 28.8 Å². The maximum absolute atomic E-state index is 12.1. The van der Waals surface area contributed by atoms with Gasteiger partial charge < -0.3 is 14.7 Å². The third-order valence-corrected chi connectivity index (χ3v) is 6.68. The van der Waals surface area contributed by atoms with Crippen LogP contribution in [0.3, 0.4) is 0 Å². The number of likely N-dealkylation sites (tertiary alicyclic amines) is 1. The highest BCUT2D eigenvalue weighted by atomic mass is 32.1. The molecule has 1 aliphatic rings. The Kier molecular flexibility index (Phi) is 6.91. The van der Waals surface area contributed by atoms with Gasteiger partial charge in [0.15, 0.2) is 5.82 Å². The molecule has 0 spiro atoms. The minimum atomic E-state index is 0.0254. The van der Waals surface area contributed by atoms with Gasteiger partial charge >= 0.3 is 0 Å². The molecule has 1 aliphatic heterocycles. The van der Waals surface area contributed by atoms with Crippen molar-refractivity contribution >= 4 is 33.4 Å². The number of nitrogens with one attached hydrogen (secondary N) is 1. The Morgan fingerprint density at radius 2 is 2.00 bits per heavy atom. The van der Waals surface area contributed by atoms with Gasteiger partial charge in [0, 0.05) is 45.3 Å². The van der Waals surface area contributed by atoms with Crippen molar-refractivity contribution in [2.24, 2.45) is 0 Å². The molecule has 1 saturated heterocycles. The van der Waals surface area contributed by atoms with Gasteiger partial charge in [-0.15, -0.1) is 11.3 Å². The Morgan fingerprint density at radius 1 is 1.19 bits per heavy atom. The van der Waals surface area contributed by atoms with Crippen LogP contribution in [0.5, 0.6) is 0 Å². The molecule has 1 fully saturated rings. The van der Waals surface area contributed by atoms with E-state index >= 15 is 0 Å². The van der Waals surface area contributed by atoms with E-state index in [9.17, 15) is 9.59 Å². The summed E-state index contributed by atoms with van der Waals surface area (Å²) in [6, 6.07) is 8.09. The zero-order valence-corrected chi connectivity index (χ0v) is 18.5. The van der Waals surface area contributed by atoms with Crippen LogP contribution < -0.4 is 5.32 Å². The molecule has 0 bridgehead atoms. The second kappa shape index (κ2) is 10.00. The molecule has 2 amide bonds. The molecule has 3 aromatic rings. The summed E-state index contributed by atoms with van der Waals surface area (Å²) in [4.78, 5) is 34.5. The third kappa shape index (κ3) is 5.66. The summed E-state index contributed by atoms with van der Waals surface area (Å²) >= 11 is 1.69. The first-order valence-corrected chi connectivity index (χ1v) is 11.6. The molecule has 8 nitrogen and oxygen atoms in total. The second-order valence-electron chi connectivity index (χ2n) is 7.86. The average Bonchev–Trinajstić information content (AvgIpc) is 3.40. The maximum atomic E-state index is 12.1. The van der Waals surface area contributed by atoms with E-state index in [1.54, 1.807) is 18.3 Å². The molecule has 1 aromatic carbocycles. The van der Waals surface area contributed by atoms with Crippen LogP contribution >= 0.6 is 11.3 Å². The molecule has 1 N–H and O–H groups in total. The Labute approximate surface area is 185 Å². The molecule has 0 aliphatic carbocycles. The van der Waals surface area contributed by atoms with Crippen LogP contribution in [-0.4, -0.2) is 51.5 Å². The zero-order chi connectivity index (χ0) is 21.6. The molecule has 164 valence electrons. The van der Waals surface area contributed by atoms with Crippen molar-refractivity contribution < 1.29 is 14.1 Å². The van der Waals surface area contributed by atoms with Crippen molar-refractivity contribution in [3.8, 4) is 0 Å². The summed E-state index contributed by atoms with van der Waals surface area (Å²) in [6.45, 7) is 3.54. The number of nitrogens with zero attached hydrogens (tertiary/aromatic N) is 4. The number of carbonyl (C=O) groups excluding carboxylic acids is 2. The number of carbonyl (C=O) groups is 2. The van der Waals surface area contributed by atoms with Gasteiger partial charge in [-0.25, -0.2) is 4.98 Å². The number of rotatable bonds is 8. The predicted octanol–water partition coefficient (Wildman–Crippen LogP) is 3.09. The SMILES string of the molecule is CC(=O)N1CCC(c2noc(CCNC(=O)CCCc3nc4ccccc4s3)n2)CC1. The fourth-order valence-corrected chi connectivity index (χ4v) is 4.82. The lowest BCUT2D eigenvalue weighted by Gasteiger charge is -2.29. The van der Waals surface area contributed by atoms with Crippen LogP contribution in [0.25, 0.3) is 10.2 Å². The number of piperidine rings is 1. The molecule has 2 aromatic heterocycles. The molecule has 31 heavy (non-hydrogen) atoms. The van der Waals surface area contributed by atoms with Crippen LogP contribution in [0.1, 0.15) is 55.2 Å². The predicted molar refractivity (Wildman–Crippen MR) is 118 cm³/mol. The van der Waals surface area contributed by atoms with Crippen LogP contribution in [-0.2, 0) is 22.4 Å². The lowest BCUT2D eigenvalue weighted by Crippen LogP contribution is -2.36. The van der Waals surface area contributed by atoms with Crippen molar-refractivity contribution in [2.75, 3.05) is 19.6 Å². The van der Waals surface area contributed by atoms with E-state index in [-0.39, 0.29) is 17.7 Å².